The van der Waals surface area contributed by atoms with Crippen LogP contribution in [0.2, 0.25) is 0 Å². The van der Waals surface area contributed by atoms with Crippen LogP contribution in [-0.4, -0.2) is 14.9 Å². The molecular formula is C14H16BrN3O2. The van der Waals surface area contributed by atoms with Crippen molar-refractivity contribution in [2.24, 2.45) is 0 Å². The molecule has 0 atom stereocenters. The van der Waals surface area contributed by atoms with Crippen molar-refractivity contribution in [1.29, 1.82) is 0 Å². The van der Waals surface area contributed by atoms with E-state index in [2.05, 4.69) is 26.3 Å². The maximum atomic E-state index is 12.0. The Bertz CT molecular complexity index is 655. The predicted molar refractivity (Wildman–Crippen MR) is 81.9 cm³/mol. The highest BCUT2D eigenvalue weighted by Gasteiger charge is 2.08. The first-order valence-corrected chi connectivity index (χ1v) is 7.19. The van der Waals surface area contributed by atoms with E-state index in [0.29, 0.717) is 23.2 Å². The van der Waals surface area contributed by atoms with Crippen LogP contribution in [0.15, 0.2) is 39.7 Å². The number of phenols is 1. The SMILES string of the molecule is CCCn1ncc(NCc2ccccc2O)c(Br)c1=O. The molecule has 1 aromatic heterocycles. The van der Waals surface area contributed by atoms with Gasteiger partial charge in [0.05, 0.1) is 11.9 Å². The summed E-state index contributed by atoms with van der Waals surface area (Å²) in [4.78, 5) is 12.0. The Morgan fingerprint density at radius 2 is 2.15 bits per heavy atom. The molecule has 0 saturated carbocycles. The number of hydrogen-bond donors (Lipinski definition) is 2. The first-order valence-electron chi connectivity index (χ1n) is 6.39. The number of aromatic nitrogens is 2. The summed E-state index contributed by atoms with van der Waals surface area (Å²) in [6, 6.07) is 7.07. The molecule has 0 saturated heterocycles. The van der Waals surface area contributed by atoms with Gasteiger partial charge in [-0.25, -0.2) is 4.68 Å². The van der Waals surface area contributed by atoms with E-state index in [-0.39, 0.29) is 11.3 Å². The number of phenolic OH excluding ortho intramolecular Hbond substituents is 1. The number of aryl methyl sites for hydroxylation is 1. The lowest BCUT2D eigenvalue weighted by molar-refractivity contribution is 0.469. The molecule has 2 rings (SSSR count). The van der Waals surface area contributed by atoms with Gasteiger partial charge in [0.15, 0.2) is 0 Å². The third-order valence-corrected chi connectivity index (χ3v) is 3.65. The lowest BCUT2D eigenvalue weighted by Gasteiger charge is -2.10. The molecule has 0 aliphatic carbocycles. The van der Waals surface area contributed by atoms with Gasteiger partial charge in [-0.1, -0.05) is 25.1 Å². The minimum Gasteiger partial charge on any atom is -0.508 e. The summed E-state index contributed by atoms with van der Waals surface area (Å²) in [5.41, 5.74) is 1.22. The van der Waals surface area contributed by atoms with Crippen molar-refractivity contribution < 1.29 is 5.11 Å². The van der Waals surface area contributed by atoms with Crippen molar-refractivity contribution >= 4 is 21.6 Å². The van der Waals surface area contributed by atoms with E-state index in [1.165, 1.54) is 4.68 Å². The van der Waals surface area contributed by atoms with Gasteiger partial charge in [0.25, 0.3) is 5.56 Å². The fourth-order valence-corrected chi connectivity index (χ4v) is 2.26. The number of nitrogens with one attached hydrogen (secondary N) is 1. The van der Waals surface area contributed by atoms with Crippen LogP contribution >= 0.6 is 15.9 Å². The van der Waals surface area contributed by atoms with Crippen molar-refractivity contribution in [1.82, 2.24) is 9.78 Å². The van der Waals surface area contributed by atoms with Gasteiger partial charge in [0.2, 0.25) is 0 Å². The number of halogens is 1. The molecule has 2 aromatic rings. The third-order valence-electron chi connectivity index (χ3n) is 2.88. The molecule has 6 heteroatoms. The van der Waals surface area contributed by atoms with Gasteiger partial charge in [-0.3, -0.25) is 4.79 Å². The van der Waals surface area contributed by atoms with Crippen LogP contribution in [0.4, 0.5) is 5.69 Å². The average molecular weight is 338 g/mol. The van der Waals surface area contributed by atoms with Gasteiger partial charge in [-0.05, 0) is 28.4 Å². The van der Waals surface area contributed by atoms with E-state index in [1.54, 1.807) is 18.3 Å². The lowest BCUT2D eigenvalue weighted by Crippen LogP contribution is -2.24. The first kappa shape index (κ1) is 14.6. The highest BCUT2D eigenvalue weighted by atomic mass is 79.9. The summed E-state index contributed by atoms with van der Waals surface area (Å²) in [6.07, 6.45) is 2.46. The second kappa shape index (κ2) is 6.56. The molecule has 5 nitrogen and oxygen atoms in total. The van der Waals surface area contributed by atoms with Crippen molar-refractivity contribution in [3.63, 3.8) is 0 Å². The Kier molecular flexibility index (Phi) is 4.79. The maximum absolute atomic E-state index is 12.0. The zero-order valence-corrected chi connectivity index (χ0v) is 12.7. The van der Waals surface area contributed by atoms with Crippen LogP contribution in [0, 0.1) is 0 Å². The zero-order chi connectivity index (χ0) is 14.5. The Morgan fingerprint density at radius 1 is 1.40 bits per heavy atom. The summed E-state index contributed by atoms with van der Waals surface area (Å²) in [6.45, 7) is 3.01. The topological polar surface area (TPSA) is 67.2 Å². The smallest absolute Gasteiger partial charge is 0.283 e. The molecule has 0 amide bonds. The molecule has 0 fully saturated rings. The van der Waals surface area contributed by atoms with Crippen LogP contribution in [0.1, 0.15) is 18.9 Å². The number of para-hydroxylation sites is 1. The molecule has 0 radical (unpaired) electrons. The minimum atomic E-state index is -0.158. The van der Waals surface area contributed by atoms with E-state index in [0.717, 1.165) is 12.0 Å². The number of rotatable bonds is 5. The molecule has 2 N–H and O–H groups in total. The summed E-state index contributed by atoms with van der Waals surface area (Å²) in [5.74, 6) is 0.225. The predicted octanol–water partition coefficient (Wildman–Crippen LogP) is 2.73. The zero-order valence-electron chi connectivity index (χ0n) is 11.1. The maximum Gasteiger partial charge on any atom is 0.283 e. The molecule has 0 aliphatic rings. The van der Waals surface area contributed by atoms with E-state index in [4.69, 9.17) is 0 Å². The molecule has 1 heterocycles. The van der Waals surface area contributed by atoms with Crippen LogP contribution < -0.4 is 10.9 Å². The fraction of sp³-hybridized carbons (Fsp3) is 0.286. The molecule has 1 aromatic carbocycles. The molecule has 0 bridgehead atoms. The minimum absolute atomic E-state index is 0.158. The molecule has 0 aliphatic heterocycles. The van der Waals surface area contributed by atoms with Crippen LogP contribution in [-0.2, 0) is 13.1 Å². The normalized spacial score (nSPS) is 10.5. The summed E-state index contributed by atoms with van der Waals surface area (Å²) in [5, 5.41) is 16.9. The first-order chi connectivity index (χ1) is 9.63. The number of aromatic hydroxyl groups is 1. The molecule has 0 unspecified atom stereocenters. The Hall–Kier alpha value is -1.82. The number of hydrogen-bond acceptors (Lipinski definition) is 4. The highest BCUT2D eigenvalue weighted by molar-refractivity contribution is 9.10. The molecule has 20 heavy (non-hydrogen) atoms. The number of anilines is 1. The summed E-state index contributed by atoms with van der Waals surface area (Å²) >= 11 is 3.29. The Labute approximate surface area is 125 Å². The summed E-state index contributed by atoms with van der Waals surface area (Å²) in [7, 11) is 0. The number of nitrogens with zero attached hydrogens (tertiary/aromatic N) is 2. The summed E-state index contributed by atoms with van der Waals surface area (Å²) < 4.78 is 1.88. The molecule has 0 spiro atoms. The third kappa shape index (κ3) is 3.19. The number of benzene rings is 1. The second-order valence-corrected chi connectivity index (χ2v) is 5.18. The molecular weight excluding hydrogens is 322 g/mol. The van der Waals surface area contributed by atoms with Gasteiger partial charge in [0, 0.05) is 18.7 Å². The van der Waals surface area contributed by atoms with Gasteiger partial charge in [-0.2, -0.15) is 5.10 Å². The standard InChI is InChI=1S/C14H16BrN3O2/c1-2-7-18-14(20)13(15)11(9-17-18)16-8-10-5-3-4-6-12(10)19/h3-6,9,16,19H,2,7-8H2,1H3. The van der Waals surface area contributed by atoms with Crippen molar-refractivity contribution in [2.45, 2.75) is 26.4 Å². The average Bonchev–Trinajstić information content (AvgIpc) is 2.45. The Morgan fingerprint density at radius 3 is 2.85 bits per heavy atom. The Balaban J connectivity index is 2.17. The molecule has 106 valence electrons. The van der Waals surface area contributed by atoms with Gasteiger partial charge >= 0.3 is 0 Å². The van der Waals surface area contributed by atoms with E-state index >= 15 is 0 Å². The van der Waals surface area contributed by atoms with Crippen molar-refractivity contribution in [3.8, 4) is 5.75 Å². The lowest BCUT2D eigenvalue weighted by atomic mass is 10.2. The van der Waals surface area contributed by atoms with Gasteiger partial charge in [-0.15, -0.1) is 0 Å². The van der Waals surface area contributed by atoms with Crippen molar-refractivity contribution in [2.75, 3.05) is 5.32 Å². The van der Waals surface area contributed by atoms with Crippen LogP contribution in [0.25, 0.3) is 0 Å². The van der Waals surface area contributed by atoms with Gasteiger partial charge in [0.1, 0.15) is 10.2 Å². The van der Waals surface area contributed by atoms with E-state index < -0.39 is 0 Å². The van der Waals surface area contributed by atoms with Crippen LogP contribution in [0.5, 0.6) is 5.75 Å². The van der Waals surface area contributed by atoms with Gasteiger partial charge < -0.3 is 10.4 Å². The second-order valence-electron chi connectivity index (χ2n) is 4.38. The largest absolute Gasteiger partial charge is 0.508 e. The monoisotopic (exact) mass is 337 g/mol. The van der Waals surface area contributed by atoms with E-state index in [9.17, 15) is 9.90 Å². The highest BCUT2D eigenvalue weighted by Crippen LogP contribution is 2.20. The quantitative estimate of drug-likeness (QED) is 0.880. The van der Waals surface area contributed by atoms with E-state index in [1.807, 2.05) is 19.1 Å². The van der Waals surface area contributed by atoms with Crippen LogP contribution in [0.3, 0.4) is 0 Å². The van der Waals surface area contributed by atoms with Crippen molar-refractivity contribution in [3.05, 3.63) is 50.9 Å². The fourth-order valence-electron chi connectivity index (χ4n) is 1.81.